The van der Waals surface area contributed by atoms with Gasteiger partial charge >= 0.3 is 0 Å². The summed E-state index contributed by atoms with van der Waals surface area (Å²) in [6.45, 7) is 2.46. The minimum absolute atomic E-state index is 0.00599. The maximum absolute atomic E-state index is 12.5. The SMILES string of the molecule is COc1ccc(C(=O)N[C@H]2CC(=O)N(c3ccc(C)cc3)C2)cc1OC. The lowest BCUT2D eigenvalue weighted by Crippen LogP contribution is -2.37. The standard InChI is InChI=1S/C20H22N2O4/c1-13-4-7-16(8-5-13)22-12-15(11-19(22)23)21-20(24)14-6-9-17(25-2)18(10-14)26-3/h4-10,15H,11-12H2,1-3H3,(H,21,24)/t15-/m0/s1. The molecule has 0 unspecified atom stereocenters. The fourth-order valence-corrected chi connectivity index (χ4v) is 3.02. The fraction of sp³-hybridized carbons (Fsp3) is 0.300. The summed E-state index contributed by atoms with van der Waals surface area (Å²) in [6.07, 6.45) is 0.285. The second-order valence-electron chi connectivity index (χ2n) is 6.28. The Labute approximate surface area is 152 Å². The second kappa shape index (κ2) is 7.47. The number of hydrogen-bond acceptors (Lipinski definition) is 4. The molecule has 1 aliphatic heterocycles. The first-order valence-corrected chi connectivity index (χ1v) is 8.41. The van der Waals surface area contributed by atoms with E-state index in [0.717, 1.165) is 11.3 Å². The van der Waals surface area contributed by atoms with Crippen LogP contribution in [-0.2, 0) is 4.79 Å². The van der Waals surface area contributed by atoms with Crippen LogP contribution in [0, 0.1) is 6.92 Å². The van der Waals surface area contributed by atoms with Gasteiger partial charge in [-0.05, 0) is 37.3 Å². The fourth-order valence-electron chi connectivity index (χ4n) is 3.02. The van der Waals surface area contributed by atoms with Crippen molar-refractivity contribution in [1.82, 2.24) is 5.32 Å². The summed E-state index contributed by atoms with van der Waals surface area (Å²) in [5.74, 6) is 0.815. The predicted molar refractivity (Wildman–Crippen MR) is 98.9 cm³/mol. The molecule has 0 aromatic heterocycles. The number of carbonyl (C=O) groups is 2. The topological polar surface area (TPSA) is 67.9 Å². The quantitative estimate of drug-likeness (QED) is 0.896. The van der Waals surface area contributed by atoms with Gasteiger partial charge in [-0.1, -0.05) is 17.7 Å². The summed E-state index contributed by atoms with van der Waals surface area (Å²) in [5, 5.41) is 2.93. The molecule has 2 aromatic rings. The lowest BCUT2D eigenvalue weighted by Gasteiger charge is -2.17. The van der Waals surface area contributed by atoms with Gasteiger partial charge in [-0.3, -0.25) is 9.59 Å². The lowest BCUT2D eigenvalue weighted by molar-refractivity contribution is -0.117. The Balaban J connectivity index is 1.69. The highest BCUT2D eigenvalue weighted by atomic mass is 16.5. The first-order valence-electron chi connectivity index (χ1n) is 8.41. The Hall–Kier alpha value is -3.02. The van der Waals surface area contributed by atoms with Crippen molar-refractivity contribution >= 4 is 17.5 Å². The molecule has 0 aliphatic carbocycles. The number of amides is 2. The number of carbonyl (C=O) groups excluding carboxylic acids is 2. The Kier molecular flexibility index (Phi) is 5.11. The van der Waals surface area contributed by atoms with Crippen LogP contribution in [0.25, 0.3) is 0 Å². The van der Waals surface area contributed by atoms with Gasteiger partial charge in [0, 0.05) is 24.2 Å². The van der Waals surface area contributed by atoms with Crippen molar-refractivity contribution in [3.05, 3.63) is 53.6 Å². The number of nitrogens with zero attached hydrogens (tertiary/aromatic N) is 1. The Bertz CT molecular complexity index is 817. The molecular formula is C20H22N2O4. The Morgan fingerprint density at radius 3 is 2.42 bits per heavy atom. The monoisotopic (exact) mass is 354 g/mol. The molecule has 26 heavy (non-hydrogen) atoms. The van der Waals surface area contributed by atoms with Crippen LogP contribution in [0.3, 0.4) is 0 Å². The van der Waals surface area contributed by atoms with E-state index in [9.17, 15) is 9.59 Å². The zero-order chi connectivity index (χ0) is 18.7. The van der Waals surface area contributed by atoms with Crippen molar-refractivity contribution in [2.75, 3.05) is 25.7 Å². The van der Waals surface area contributed by atoms with E-state index in [1.807, 2.05) is 31.2 Å². The van der Waals surface area contributed by atoms with E-state index in [2.05, 4.69) is 5.32 Å². The number of nitrogens with one attached hydrogen (secondary N) is 1. The van der Waals surface area contributed by atoms with E-state index in [-0.39, 0.29) is 24.3 Å². The number of rotatable bonds is 5. The highest BCUT2D eigenvalue weighted by molar-refractivity contribution is 5.99. The van der Waals surface area contributed by atoms with Crippen LogP contribution in [0.4, 0.5) is 5.69 Å². The lowest BCUT2D eigenvalue weighted by atomic mass is 10.1. The largest absolute Gasteiger partial charge is 0.493 e. The minimum atomic E-state index is -0.241. The molecular weight excluding hydrogens is 332 g/mol. The normalized spacial score (nSPS) is 16.5. The molecule has 1 aliphatic rings. The van der Waals surface area contributed by atoms with Crippen LogP contribution >= 0.6 is 0 Å². The van der Waals surface area contributed by atoms with Gasteiger partial charge in [-0.15, -0.1) is 0 Å². The number of methoxy groups -OCH3 is 2. The van der Waals surface area contributed by atoms with Crippen molar-refractivity contribution in [3.63, 3.8) is 0 Å². The van der Waals surface area contributed by atoms with Gasteiger partial charge in [-0.2, -0.15) is 0 Å². The van der Waals surface area contributed by atoms with E-state index in [1.54, 1.807) is 30.2 Å². The molecule has 2 aromatic carbocycles. The van der Waals surface area contributed by atoms with E-state index in [1.165, 1.54) is 7.11 Å². The number of benzene rings is 2. The number of hydrogen-bond donors (Lipinski definition) is 1. The molecule has 1 saturated heterocycles. The maximum atomic E-state index is 12.5. The van der Waals surface area contributed by atoms with Gasteiger partial charge in [0.2, 0.25) is 5.91 Å². The Morgan fingerprint density at radius 1 is 1.08 bits per heavy atom. The summed E-state index contributed by atoms with van der Waals surface area (Å²) in [7, 11) is 3.07. The summed E-state index contributed by atoms with van der Waals surface area (Å²) in [4.78, 5) is 26.5. The average molecular weight is 354 g/mol. The van der Waals surface area contributed by atoms with E-state index in [4.69, 9.17) is 9.47 Å². The summed E-state index contributed by atoms with van der Waals surface area (Å²) >= 11 is 0. The van der Waals surface area contributed by atoms with Crippen LogP contribution in [0.2, 0.25) is 0 Å². The number of aryl methyl sites for hydroxylation is 1. The van der Waals surface area contributed by atoms with Crippen LogP contribution in [0.5, 0.6) is 11.5 Å². The van der Waals surface area contributed by atoms with Gasteiger partial charge in [-0.25, -0.2) is 0 Å². The third-order valence-electron chi connectivity index (χ3n) is 4.45. The van der Waals surface area contributed by atoms with Gasteiger partial charge in [0.05, 0.1) is 20.3 Å². The molecule has 0 bridgehead atoms. The molecule has 1 atom stereocenters. The van der Waals surface area contributed by atoms with Crippen molar-refractivity contribution in [3.8, 4) is 11.5 Å². The third kappa shape index (κ3) is 3.64. The number of ether oxygens (including phenoxy) is 2. The smallest absolute Gasteiger partial charge is 0.251 e. The van der Waals surface area contributed by atoms with Crippen LogP contribution < -0.4 is 19.7 Å². The van der Waals surface area contributed by atoms with Crippen LogP contribution in [0.15, 0.2) is 42.5 Å². The third-order valence-corrected chi connectivity index (χ3v) is 4.45. The van der Waals surface area contributed by atoms with E-state index >= 15 is 0 Å². The van der Waals surface area contributed by atoms with Crippen molar-refractivity contribution in [2.24, 2.45) is 0 Å². The molecule has 1 fully saturated rings. The van der Waals surface area contributed by atoms with Crippen molar-refractivity contribution in [2.45, 2.75) is 19.4 Å². The maximum Gasteiger partial charge on any atom is 0.251 e. The second-order valence-corrected chi connectivity index (χ2v) is 6.28. The van der Waals surface area contributed by atoms with E-state index < -0.39 is 0 Å². The molecule has 1 heterocycles. The summed E-state index contributed by atoms with van der Waals surface area (Å²) < 4.78 is 10.4. The Morgan fingerprint density at radius 2 is 1.77 bits per heavy atom. The molecule has 3 rings (SSSR count). The number of anilines is 1. The molecule has 136 valence electrons. The van der Waals surface area contributed by atoms with Crippen molar-refractivity contribution in [1.29, 1.82) is 0 Å². The van der Waals surface area contributed by atoms with Gasteiger partial charge in [0.25, 0.3) is 5.91 Å². The zero-order valence-corrected chi connectivity index (χ0v) is 15.1. The predicted octanol–water partition coefficient (Wildman–Crippen LogP) is 2.55. The molecule has 0 radical (unpaired) electrons. The first kappa shape index (κ1) is 17.8. The molecule has 0 saturated carbocycles. The van der Waals surface area contributed by atoms with Gasteiger partial charge < -0.3 is 19.7 Å². The summed E-state index contributed by atoms with van der Waals surface area (Å²) in [5.41, 5.74) is 2.45. The molecule has 1 N–H and O–H groups in total. The molecule has 6 nitrogen and oxygen atoms in total. The van der Waals surface area contributed by atoms with Gasteiger partial charge in [0.15, 0.2) is 11.5 Å². The molecule has 2 amide bonds. The minimum Gasteiger partial charge on any atom is -0.493 e. The summed E-state index contributed by atoms with van der Waals surface area (Å²) in [6, 6.07) is 12.5. The van der Waals surface area contributed by atoms with E-state index in [0.29, 0.717) is 23.6 Å². The zero-order valence-electron chi connectivity index (χ0n) is 15.1. The molecule has 6 heteroatoms. The highest BCUT2D eigenvalue weighted by Gasteiger charge is 2.31. The average Bonchev–Trinajstić information content (AvgIpc) is 3.01. The van der Waals surface area contributed by atoms with Crippen LogP contribution in [-0.4, -0.2) is 38.6 Å². The first-order chi connectivity index (χ1) is 12.5. The molecule has 0 spiro atoms. The van der Waals surface area contributed by atoms with Crippen LogP contribution in [0.1, 0.15) is 22.3 Å². The van der Waals surface area contributed by atoms with Crippen molar-refractivity contribution < 1.29 is 19.1 Å². The van der Waals surface area contributed by atoms with Gasteiger partial charge in [0.1, 0.15) is 0 Å². The highest BCUT2D eigenvalue weighted by Crippen LogP contribution is 2.28.